The van der Waals surface area contributed by atoms with Crippen LogP contribution >= 0.6 is 0 Å². The fourth-order valence-electron chi connectivity index (χ4n) is 3.38. The van der Waals surface area contributed by atoms with Gasteiger partial charge in [0.1, 0.15) is 10.7 Å². The van der Waals surface area contributed by atoms with Gasteiger partial charge in [-0.2, -0.15) is 4.31 Å². The van der Waals surface area contributed by atoms with Gasteiger partial charge in [-0.25, -0.2) is 17.6 Å². The van der Waals surface area contributed by atoms with E-state index in [2.05, 4.69) is 0 Å². The summed E-state index contributed by atoms with van der Waals surface area (Å²) in [6.07, 6.45) is 0. The maximum absolute atomic E-state index is 13.7. The average molecular weight is 410 g/mol. The maximum atomic E-state index is 13.7. The molecule has 0 fully saturated rings. The molecule has 0 atom stereocenters. The lowest BCUT2D eigenvalue weighted by Gasteiger charge is -2.36. The molecule has 148 valence electrons. The predicted molar refractivity (Wildman–Crippen MR) is 110 cm³/mol. The van der Waals surface area contributed by atoms with Gasteiger partial charge in [-0.15, -0.1) is 0 Å². The number of carbonyl (C=O) groups excluding carboxylic acids is 1. The largest absolute Gasteiger partial charge is 0.343 e. The molecule has 3 aromatic rings. The van der Waals surface area contributed by atoms with Crippen LogP contribution in [0.3, 0.4) is 0 Å². The first-order chi connectivity index (χ1) is 13.8. The normalized spacial score (nSPS) is 15.3. The smallest absolute Gasteiger partial charge is 0.287 e. The van der Waals surface area contributed by atoms with Crippen molar-refractivity contribution in [2.75, 3.05) is 9.21 Å². The van der Waals surface area contributed by atoms with Crippen LogP contribution in [0.15, 0.2) is 71.6 Å². The number of halogens is 1. The van der Waals surface area contributed by atoms with Crippen LogP contribution in [0, 0.1) is 19.7 Å². The predicted octanol–water partition coefficient (Wildman–Crippen LogP) is 4.78. The quantitative estimate of drug-likeness (QED) is 0.625. The van der Waals surface area contributed by atoms with E-state index in [-0.39, 0.29) is 22.8 Å². The molecule has 5 nitrogen and oxygen atoms in total. The Morgan fingerprint density at radius 3 is 2.38 bits per heavy atom. The SMILES string of the molecule is Cc1ccc(N2C(=O)N(Cc3cccc(F)c3)c3ccccc3S2(=O)=O)cc1C. The highest BCUT2D eigenvalue weighted by atomic mass is 32.2. The molecular weight excluding hydrogens is 391 g/mol. The first kappa shape index (κ1) is 19.1. The Bertz CT molecular complexity index is 1220. The van der Waals surface area contributed by atoms with Gasteiger partial charge in [0.25, 0.3) is 10.0 Å². The zero-order chi connectivity index (χ0) is 20.8. The van der Waals surface area contributed by atoms with E-state index in [1.54, 1.807) is 48.5 Å². The van der Waals surface area contributed by atoms with Gasteiger partial charge in [-0.1, -0.05) is 30.3 Å². The lowest BCUT2D eigenvalue weighted by Crippen LogP contribution is -2.50. The Hall–Kier alpha value is -3.19. The third-order valence-electron chi connectivity index (χ3n) is 5.03. The molecule has 0 aromatic heterocycles. The minimum Gasteiger partial charge on any atom is -0.287 e. The highest BCUT2D eigenvalue weighted by Crippen LogP contribution is 2.38. The van der Waals surface area contributed by atoms with Gasteiger partial charge < -0.3 is 0 Å². The summed E-state index contributed by atoms with van der Waals surface area (Å²) in [4.78, 5) is 14.8. The monoisotopic (exact) mass is 410 g/mol. The molecule has 29 heavy (non-hydrogen) atoms. The second kappa shape index (κ2) is 7.00. The number of hydrogen-bond acceptors (Lipinski definition) is 3. The van der Waals surface area contributed by atoms with Gasteiger partial charge in [0.15, 0.2) is 0 Å². The number of amides is 2. The number of fused-ring (bicyclic) bond motifs is 1. The number of anilines is 2. The highest BCUT2D eigenvalue weighted by Gasteiger charge is 2.42. The van der Waals surface area contributed by atoms with E-state index in [9.17, 15) is 17.6 Å². The first-order valence-corrected chi connectivity index (χ1v) is 10.5. The van der Waals surface area contributed by atoms with Gasteiger partial charge >= 0.3 is 6.03 Å². The second-order valence-electron chi connectivity index (χ2n) is 7.00. The highest BCUT2D eigenvalue weighted by molar-refractivity contribution is 7.94. The third kappa shape index (κ3) is 3.27. The molecule has 0 N–H and O–H groups in total. The van der Waals surface area contributed by atoms with E-state index < -0.39 is 21.9 Å². The van der Waals surface area contributed by atoms with Crippen molar-refractivity contribution in [1.29, 1.82) is 0 Å². The van der Waals surface area contributed by atoms with E-state index in [0.29, 0.717) is 5.56 Å². The summed E-state index contributed by atoms with van der Waals surface area (Å²) in [5.41, 5.74) is 2.99. The third-order valence-corrected chi connectivity index (χ3v) is 6.78. The van der Waals surface area contributed by atoms with E-state index in [4.69, 9.17) is 0 Å². The summed E-state index contributed by atoms with van der Waals surface area (Å²) in [7, 11) is -4.08. The van der Waals surface area contributed by atoms with Gasteiger partial charge in [-0.3, -0.25) is 4.90 Å². The fourth-order valence-corrected chi connectivity index (χ4v) is 4.97. The number of nitrogens with zero attached hydrogens (tertiary/aromatic N) is 2. The number of benzene rings is 3. The topological polar surface area (TPSA) is 57.7 Å². The van der Waals surface area contributed by atoms with Crippen LogP contribution in [0.1, 0.15) is 16.7 Å². The number of hydrogen-bond donors (Lipinski definition) is 0. The molecule has 7 heteroatoms. The van der Waals surface area contributed by atoms with Crippen LogP contribution in [0.5, 0.6) is 0 Å². The molecule has 1 aliphatic rings. The summed E-state index contributed by atoms with van der Waals surface area (Å²) < 4.78 is 41.0. The molecule has 0 saturated carbocycles. The number of para-hydroxylation sites is 1. The zero-order valence-corrected chi connectivity index (χ0v) is 16.8. The van der Waals surface area contributed by atoms with Crippen LogP contribution in [-0.4, -0.2) is 14.4 Å². The minimum atomic E-state index is -4.08. The second-order valence-corrected chi connectivity index (χ2v) is 8.76. The number of rotatable bonds is 3. The van der Waals surface area contributed by atoms with E-state index in [0.717, 1.165) is 15.4 Å². The molecule has 0 aliphatic carbocycles. The van der Waals surface area contributed by atoms with Crippen LogP contribution in [0.4, 0.5) is 20.6 Å². The molecule has 0 spiro atoms. The molecule has 4 rings (SSSR count). The molecule has 1 aliphatic heterocycles. The molecule has 0 bridgehead atoms. The summed E-state index contributed by atoms with van der Waals surface area (Å²) >= 11 is 0. The fraction of sp³-hybridized carbons (Fsp3) is 0.136. The summed E-state index contributed by atoms with van der Waals surface area (Å²) in [6.45, 7) is 3.82. The standard InChI is InChI=1S/C22H19FN2O3S/c1-15-10-11-19(12-16(15)2)25-22(26)24(14-17-6-5-7-18(23)13-17)20-8-3-4-9-21(20)29(25,27)28/h3-13H,14H2,1-2H3. The van der Waals surface area contributed by atoms with Crippen molar-refractivity contribution >= 4 is 27.4 Å². The van der Waals surface area contributed by atoms with Crippen molar-refractivity contribution in [2.45, 2.75) is 25.3 Å². The minimum absolute atomic E-state index is 0.0363. The zero-order valence-electron chi connectivity index (χ0n) is 16.0. The van der Waals surface area contributed by atoms with E-state index in [1.165, 1.54) is 23.1 Å². The van der Waals surface area contributed by atoms with Gasteiger partial charge in [0, 0.05) is 0 Å². The molecule has 0 saturated heterocycles. The number of aryl methyl sites for hydroxylation is 2. The number of urea groups is 1. The van der Waals surface area contributed by atoms with Crippen molar-refractivity contribution in [3.8, 4) is 0 Å². The Morgan fingerprint density at radius 1 is 0.897 bits per heavy atom. The lowest BCUT2D eigenvalue weighted by molar-refractivity contribution is 0.253. The van der Waals surface area contributed by atoms with Crippen LogP contribution < -0.4 is 9.21 Å². The average Bonchev–Trinajstić information content (AvgIpc) is 2.68. The number of sulfonamides is 1. The van der Waals surface area contributed by atoms with Crippen molar-refractivity contribution in [1.82, 2.24) is 0 Å². The Kier molecular flexibility index (Phi) is 4.62. The lowest BCUT2D eigenvalue weighted by atomic mass is 10.1. The molecule has 0 radical (unpaired) electrons. The summed E-state index contributed by atoms with van der Waals surface area (Å²) in [5, 5.41) is 0. The Morgan fingerprint density at radius 2 is 1.66 bits per heavy atom. The van der Waals surface area contributed by atoms with Crippen LogP contribution in [0.2, 0.25) is 0 Å². The van der Waals surface area contributed by atoms with Gasteiger partial charge in [0.2, 0.25) is 0 Å². The van der Waals surface area contributed by atoms with Crippen molar-refractivity contribution < 1.29 is 17.6 Å². The van der Waals surface area contributed by atoms with Crippen molar-refractivity contribution in [3.63, 3.8) is 0 Å². The van der Waals surface area contributed by atoms with Crippen LogP contribution in [-0.2, 0) is 16.6 Å². The molecule has 1 heterocycles. The van der Waals surface area contributed by atoms with Crippen molar-refractivity contribution in [3.05, 3.63) is 89.2 Å². The molecule has 0 unspecified atom stereocenters. The van der Waals surface area contributed by atoms with Crippen LogP contribution in [0.25, 0.3) is 0 Å². The Balaban J connectivity index is 1.88. The molecule has 3 aromatic carbocycles. The van der Waals surface area contributed by atoms with Gasteiger partial charge in [-0.05, 0) is 66.9 Å². The van der Waals surface area contributed by atoms with Gasteiger partial charge in [0.05, 0.1) is 17.9 Å². The van der Waals surface area contributed by atoms with Crippen molar-refractivity contribution in [2.24, 2.45) is 0 Å². The molecular formula is C22H19FN2O3S. The number of carbonyl (C=O) groups is 1. The Labute approximate surface area is 169 Å². The molecule has 2 amide bonds. The summed E-state index contributed by atoms with van der Waals surface area (Å²) in [5.74, 6) is -0.418. The maximum Gasteiger partial charge on any atom is 0.343 e. The van der Waals surface area contributed by atoms with E-state index >= 15 is 0 Å². The first-order valence-electron chi connectivity index (χ1n) is 9.06. The van der Waals surface area contributed by atoms with E-state index in [1.807, 2.05) is 13.8 Å². The summed E-state index contributed by atoms with van der Waals surface area (Å²) in [6, 6.07) is 16.6.